The van der Waals surface area contributed by atoms with Crippen molar-refractivity contribution in [3.63, 3.8) is 0 Å². The van der Waals surface area contributed by atoms with Gasteiger partial charge in [0, 0.05) is 18.9 Å². The molecule has 3 heterocycles. The number of benzene rings is 3. The van der Waals surface area contributed by atoms with Gasteiger partial charge in [-0.3, -0.25) is 0 Å². The van der Waals surface area contributed by atoms with Crippen LogP contribution < -0.4 is 11.4 Å². The van der Waals surface area contributed by atoms with Crippen LogP contribution in [0.2, 0.25) is 0 Å². The molecular formula is C30H30N4O5S. The van der Waals surface area contributed by atoms with E-state index in [1.807, 2.05) is 73.7 Å². The van der Waals surface area contributed by atoms with Crippen LogP contribution in [0.1, 0.15) is 42.5 Å². The Morgan fingerprint density at radius 3 is 1.93 bits per heavy atom. The summed E-state index contributed by atoms with van der Waals surface area (Å²) in [6, 6.07) is 26.3. The highest BCUT2D eigenvalue weighted by atomic mass is 32.2. The van der Waals surface area contributed by atoms with Gasteiger partial charge in [-0.25, -0.2) is 36.2 Å². The Balaban J connectivity index is 1.69. The maximum atomic E-state index is 14.3. The van der Waals surface area contributed by atoms with Gasteiger partial charge in [0.2, 0.25) is 10.0 Å². The van der Waals surface area contributed by atoms with Crippen LogP contribution in [0.3, 0.4) is 0 Å². The van der Waals surface area contributed by atoms with Gasteiger partial charge in [0.15, 0.2) is 0 Å². The quantitative estimate of drug-likeness (QED) is 0.360. The van der Waals surface area contributed by atoms with Gasteiger partial charge in [0.05, 0.1) is 17.6 Å². The average Bonchev–Trinajstić information content (AvgIpc) is 3.22. The van der Waals surface area contributed by atoms with E-state index >= 15 is 0 Å². The second kappa shape index (κ2) is 10.1. The minimum absolute atomic E-state index is 0.306. The third-order valence-corrected chi connectivity index (χ3v) is 8.78. The maximum Gasteiger partial charge on any atom is 0.352 e. The van der Waals surface area contributed by atoms with Crippen molar-refractivity contribution >= 4 is 10.0 Å². The number of nitrogens with zero attached hydrogens (tertiary/aromatic N) is 4. The van der Waals surface area contributed by atoms with Gasteiger partial charge < -0.3 is 4.74 Å². The molecule has 0 amide bonds. The van der Waals surface area contributed by atoms with Crippen molar-refractivity contribution in [3.8, 4) is 5.69 Å². The van der Waals surface area contributed by atoms with Gasteiger partial charge in [-0.2, -0.15) is 0 Å². The number of aromatic nitrogens is 3. The van der Waals surface area contributed by atoms with Crippen molar-refractivity contribution in [2.24, 2.45) is 0 Å². The summed E-state index contributed by atoms with van der Waals surface area (Å²) >= 11 is 0. The summed E-state index contributed by atoms with van der Waals surface area (Å²) in [4.78, 5) is 28.4. The lowest BCUT2D eigenvalue weighted by Gasteiger charge is -2.48. The summed E-state index contributed by atoms with van der Waals surface area (Å²) in [6.07, 6.45) is 2.49. The number of rotatable bonds is 6. The molecule has 4 atom stereocenters. The second-order valence-corrected chi connectivity index (χ2v) is 11.9. The fraction of sp³-hybridized carbons (Fsp3) is 0.267. The van der Waals surface area contributed by atoms with Crippen molar-refractivity contribution in [1.82, 2.24) is 18.2 Å². The Bertz CT molecular complexity index is 1780. The van der Waals surface area contributed by atoms with Gasteiger partial charge in [-0.05, 0) is 36.3 Å². The van der Waals surface area contributed by atoms with Crippen molar-refractivity contribution in [3.05, 3.63) is 135 Å². The first-order valence-electron chi connectivity index (χ1n) is 13.3. The third kappa shape index (κ3) is 4.24. The molecule has 0 unspecified atom stereocenters. The van der Waals surface area contributed by atoms with Crippen LogP contribution in [0.5, 0.6) is 0 Å². The predicted octanol–water partition coefficient (Wildman–Crippen LogP) is 3.64. The lowest BCUT2D eigenvalue weighted by Crippen LogP contribution is -2.53. The van der Waals surface area contributed by atoms with Crippen LogP contribution >= 0.6 is 0 Å². The summed E-state index contributed by atoms with van der Waals surface area (Å²) in [7, 11) is -3.82. The number of fused-ring (bicyclic) bond motifs is 3. The van der Waals surface area contributed by atoms with Crippen LogP contribution in [0, 0.1) is 0 Å². The molecule has 0 radical (unpaired) electrons. The zero-order chi connectivity index (χ0) is 28.0. The molecule has 206 valence electrons. The van der Waals surface area contributed by atoms with E-state index in [1.54, 1.807) is 30.3 Å². The average molecular weight is 559 g/mol. The SMILES string of the molecule is CCO[C@@H]1C[C@H](c2ccccc2)[C@@H]2C(=C[C@H](c3ccccc3)n3c(=O)n(-c4ccccc4)c(=O)n32)N1S(C)(=O)=O. The molecule has 2 aliphatic heterocycles. The number of piperidine rings is 1. The van der Waals surface area contributed by atoms with Gasteiger partial charge in [-0.1, -0.05) is 78.9 Å². The first-order valence-corrected chi connectivity index (χ1v) is 15.1. The number of allylic oxidation sites excluding steroid dienone is 2. The molecular weight excluding hydrogens is 528 g/mol. The molecule has 1 saturated heterocycles. The standard InChI is InChI=1S/C30H30N4O5S/c1-3-39-27-19-24(21-13-7-4-8-14-21)28-26(34(27)40(2,37)38)20-25(22-15-9-5-10-16-22)32-29(35)31(30(36)33(28)32)23-17-11-6-12-18-23/h4-18,20,24-25,27-28H,3,19H2,1-2H3/t24-,25-,27-,28-/m1/s1. The Hall–Kier alpha value is -4.15. The number of ether oxygens (including phenoxy) is 1. The Labute approximate surface area is 232 Å². The van der Waals surface area contributed by atoms with Crippen LogP contribution in [0.25, 0.3) is 5.69 Å². The number of sulfonamides is 1. The van der Waals surface area contributed by atoms with Crippen LogP contribution in [-0.4, -0.2) is 45.7 Å². The van der Waals surface area contributed by atoms with Crippen LogP contribution in [0.4, 0.5) is 0 Å². The number of hydrogen-bond acceptors (Lipinski definition) is 5. The Morgan fingerprint density at radius 2 is 1.35 bits per heavy atom. The normalized spacial score (nSPS) is 22.4. The minimum atomic E-state index is -3.82. The Kier molecular flexibility index (Phi) is 6.59. The lowest BCUT2D eigenvalue weighted by molar-refractivity contribution is -0.0363. The van der Waals surface area contributed by atoms with E-state index in [4.69, 9.17) is 4.74 Å². The summed E-state index contributed by atoms with van der Waals surface area (Å²) in [6.45, 7) is 2.14. The van der Waals surface area contributed by atoms with Crippen molar-refractivity contribution in [2.75, 3.05) is 12.9 Å². The third-order valence-electron chi connectivity index (χ3n) is 7.62. The molecule has 4 aromatic rings. The molecule has 0 spiro atoms. The zero-order valence-electron chi connectivity index (χ0n) is 22.2. The largest absolute Gasteiger partial charge is 0.358 e. The summed E-state index contributed by atoms with van der Waals surface area (Å²) in [5, 5.41) is 0. The fourth-order valence-corrected chi connectivity index (χ4v) is 7.19. The molecule has 0 aliphatic carbocycles. The van der Waals surface area contributed by atoms with Crippen molar-refractivity contribution < 1.29 is 13.2 Å². The topological polar surface area (TPSA) is 95.5 Å². The summed E-state index contributed by atoms with van der Waals surface area (Å²) in [5.41, 5.74) is 1.51. The molecule has 3 aromatic carbocycles. The molecule has 1 aromatic heterocycles. The molecule has 0 bridgehead atoms. The highest BCUT2D eigenvalue weighted by molar-refractivity contribution is 7.88. The molecule has 2 aliphatic rings. The van der Waals surface area contributed by atoms with Crippen molar-refractivity contribution in [2.45, 2.75) is 37.6 Å². The first kappa shape index (κ1) is 26.1. The smallest absolute Gasteiger partial charge is 0.352 e. The number of para-hydroxylation sites is 1. The van der Waals surface area contributed by atoms with Gasteiger partial charge in [-0.15, -0.1) is 0 Å². The van der Waals surface area contributed by atoms with E-state index < -0.39 is 39.7 Å². The van der Waals surface area contributed by atoms with Crippen LogP contribution in [0.15, 0.2) is 112 Å². The van der Waals surface area contributed by atoms with E-state index in [2.05, 4.69) is 0 Å². The monoisotopic (exact) mass is 558 g/mol. The van der Waals surface area contributed by atoms with Crippen molar-refractivity contribution in [1.29, 1.82) is 0 Å². The molecule has 10 heteroatoms. The summed E-state index contributed by atoms with van der Waals surface area (Å²) < 4.78 is 38.1. The second-order valence-electron chi connectivity index (χ2n) is 10.0. The highest BCUT2D eigenvalue weighted by Gasteiger charge is 2.49. The van der Waals surface area contributed by atoms with E-state index in [1.165, 1.54) is 13.7 Å². The first-order chi connectivity index (χ1) is 19.3. The fourth-order valence-electron chi connectivity index (χ4n) is 6.06. The maximum absolute atomic E-state index is 14.3. The molecule has 9 nitrogen and oxygen atoms in total. The Morgan fingerprint density at radius 1 is 0.800 bits per heavy atom. The molecule has 40 heavy (non-hydrogen) atoms. The van der Waals surface area contributed by atoms with Gasteiger partial charge in [0.25, 0.3) is 0 Å². The predicted molar refractivity (Wildman–Crippen MR) is 152 cm³/mol. The van der Waals surface area contributed by atoms with E-state index in [0.717, 1.165) is 21.9 Å². The molecule has 0 saturated carbocycles. The van der Waals surface area contributed by atoms with Gasteiger partial charge in [0.1, 0.15) is 18.3 Å². The van der Waals surface area contributed by atoms with E-state index in [0.29, 0.717) is 24.4 Å². The summed E-state index contributed by atoms with van der Waals surface area (Å²) in [5.74, 6) is -0.339. The van der Waals surface area contributed by atoms with Crippen LogP contribution in [-0.2, 0) is 14.8 Å². The van der Waals surface area contributed by atoms with E-state index in [9.17, 15) is 18.0 Å². The molecule has 0 N–H and O–H groups in total. The van der Waals surface area contributed by atoms with E-state index in [-0.39, 0.29) is 5.92 Å². The zero-order valence-corrected chi connectivity index (χ0v) is 23.0. The molecule has 6 rings (SSSR count). The molecule has 1 fully saturated rings. The van der Waals surface area contributed by atoms with Gasteiger partial charge >= 0.3 is 11.4 Å². The lowest BCUT2D eigenvalue weighted by atomic mass is 9.81. The highest BCUT2D eigenvalue weighted by Crippen LogP contribution is 2.48. The number of hydrogen-bond donors (Lipinski definition) is 0. The minimum Gasteiger partial charge on any atom is -0.358 e.